The molecule has 0 N–H and O–H groups in total. The minimum absolute atomic E-state index is 0.735. The monoisotopic (exact) mass is 120 g/mol. The number of hydrogen-bond donors (Lipinski definition) is 0. The number of aromatic nitrogens is 2. The summed E-state index contributed by atoms with van der Waals surface area (Å²) in [5, 5.41) is 4.19. The molecule has 1 aromatic heterocycles. The zero-order valence-electron chi connectivity index (χ0n) is 5.54. The summed E-state index contributed by atoms with van der Waals surface area (Å²) in [6.45, 7) is 0. The van der Waals surface area contributed by atoms with Crippen molar-refractivity contribution < 1.29 is 0 Å². The molecule has 3 heteroatoms. The molecule has 0 unspecified atom stereocenters. The van der Waals surface area contributed by atoms with Gasteiger partial charge in [-0.1, -0.05) is 5.46 Å². The zero-order chi connectivity index (χ0) is 6.27. The van der Waals surface area contributed by atoms with Crippen molar-refractivity contribution in [2.45, 2.75) is 18.9 Å². The van der Waals surface area contributed by atoms with E-state index in [1.807, 2.05) is 6.20 Å². The van der Waals surface area contributed by atoms with E-state index in [-0.39, 0.29) is 0 Å². The van der Waals surface area contributed by atoms with Crippen LogP contribution in [0.4, 0.5) is 0 Å². The van der Waals surface area contributed by atoms with Crippen molar-refractivity contribution in [1.29, 1.82) is 0 Å². The zero-order valence-corrected chi connectivity index (χ0v) is 5.54. The summed E-state index contributed by atoms with van der Waals surface area (Å²) < 4.78 is 2.06. The smallest absolute Gasteiger partial charge is 0.143 e. The van der Waals surface area contributed by atoms with Gasteiger partial charge in [0.2, 0.25) is 0 Å². The maximum atomic E-state index is 4.19. The van der Waals surface area contributed by atoms with Crippen LogP contribution in [-0.2, 0) is 0 Å². The molecule has 0 amide bonds. The molecule has 0 spiro atoms. The minimum Gasteiger partial charge on any atom is -0.270 e. The van der Waals surface area contributed by atoms with Gasteiger partial charge in [0.05, 0.1) is 6.04 Å². The van der Waals surface area contributed by atoms with Gasteiger partial charge in [0.1, 0.15) is 7.85 Å². The second-order valence-corrected chi connectivity index (χ2v) is 2.73. The lowest BCUT2D eigenvalue weighted by molar-refractivity contribution is 0.642. The normalized spacial score (nSPS) is 18.2. The predicted octanol–water partition coefficient (Wildman–Crippen LogP) is -0.524. The second kappa shape index (κ2) is 1.63. The van der Waals surface area contributed by atoms with Crippen LogP contribution in [0.1, 0.15) is 18.9 Å². The van der Waals surface area contributed by atoms with Gasteiger partial charge in [-0.25, -0.2) is 0 Å². The SMILES string of the molecule is Bc1cnn(C2CC2)c1. The van der Waals surface area contributed by atoms with Gasteiger partial charge < -0.3 is 0 Å². The lowest BCUT2D eigenvalue weighted by Crippen LogP contribution is -1.97. The standard InChI is InChI=1S/C6H9BN2/c7-5-3-8-9(4-5)6-1-2-6/h3-4,6H,1-2,7H2. The van der Waals surface area contributed by atoms with Crippen LogP contribution in [0.15, 0.2) is 12.4 Å². The van der Waals surface area contributed by atoms with Crippen molar-refractivity contribution in [1.82, 2.24) is 9.78 Å². The molecule has 1 fully saturated rings. The van der Waals surface area contributed by atoms with Gasteiger partial charge >= 0.3 is 0 Å². The van der Waals surface area contributed by atoms with Crippen LogP contribution in [0.2, 0.25) is 0 Å². The van der Waals surface area contributed by atoms with E-state index in [9.17, 15) is 0 Å². The Morgan fingerprint density at radius 3 is 2.89 bits per heavy atom. The summed E-state index contributed by atoms with van der Waals surface area (Å²) in [6, 6.07) is 0.735. The molecule has 1 heterocycles. The van der Waals surface area contributed by atoms with Crippen LogP contribution < -0.4 is 5.46 Å². The van der Waals surface area contributed by atoms with Crippen molar-refractivity contribution in [2.24, 2.45) is 0 Å². The summed E-state index contributed by atoms with van der Waals surface area (Å²) >= 11 is 0. The summed E-state index contributed by atoms with van der Waals surface area (Å²) in [5.41, 5.74) is 1.27. The lowest BCUT2D eigenvalue weighted by atomic mass is 10.0. The van der Waals surface area contributed by atoms with Crippen LogP contribution in [0.25, 0.3) is 0 Å². The van der Waals surface area contributed by atoms with E-state index in [2.05, 4.69) is 23.8 Å². The van der Waals surface area contributed by atoms with Crippen LogP contribution in [-0.4, -0.2) is 17.6 Å². The van der Waals surface area contributed by atoms with Crippen LogP contribution in [0.3, 0.4) is 0 Å². The summed E-state index contributed by atoms with van der Waals surface area (Å²) in [7, 11) is 2.08. The molecule has 46 valence electrons. The maximum Gasteiger partial charge on any atom is 0.143 e. The molecular weight excluding hydrogens is 111 g/mol. The number of hydrogen-bond acceptors (Lipinski definition) is 1. The Morgan fingerprint density at radius 1 is 1.67 bits per heavy atom. The van der Waals surface area contributed by atoms with Crippen LogP contribution >= 0.6 is 0 Å². The minimum atomic E-state index is 0.735. The molecule has 0 radical (unpaired) electrons. The molecule has 1 aromatic rings. The molecule has 0 aliphatic heterocycles. The fraction of sp³-hybridized carbons (Fsp3) is 0.500. The van der Waals surface area contributed by atoms with Gasteiger partial charge in [-0.2, -0.15) is 5.10 Å². The molecule has 9 heavy (non-hydrogen) atoms. The topological polar surface area (TPSA) is 17.8 Å². The summed E-state index contributed by atoms with van der Waals surface area (Å²) in [6.07, 6.45) is 6.66. The van der Waals surface area contributed by atoms with E-state index in [0.29, 0.717) is 0 Å². The van der Waals surface area contributed by atoms with E-state index in [1.54, 1.807) is 0 Å². The van der Waals surface area contributed by atoms with Gasteiger partial charge in [-0.3, -0.25) is 4.68 Å². The summed E-state index contributed by atoms with van der Waals surface area (Å²) in [4.78, 5) is 0. The Labute approximate surface area is 55.3 Å². The van der Waals surface area contributed by atoms with Crippen molar-refractivity contribution in [3.63, 3.8) is 0 Å². The molecule has 1 saturated carbocycles. The highest BCUT2D eigenvalue weighted by Crippen LogP contribution is 2.33. The molecular formula is C6H9BN2. The first-order chi connectivity index (χ1) is 4.36. The van der Waals surface area contributed by atoms with Crippen molar-refractivity contribution >= 4 is 13.3 Å². The van der Waals surface area contributed by atoms with E-state index in [1.165, 1.54) is 18.3 Å². The molecule has 1 aliphatic carbocycles. The Balaban J connectivity index is 2.28. The van der Waals surface area contributed by atoms with Gasteiger partial charge in [0, 0.05) is 12.4 Å². The Kier molecular flexibility index (Phi) is 0.919. The average molecular weight is 120 g/mol. The summed E-state index contributed by atoms with van der Waals surface area (Å²) in [5.74, 6) is 0. The van der Waals surface area contributed by atoms with Crippen molar-refractivity contribution in [3.8, 4) is 0 Å². The number of nitrogens with zero attached hydrogens (tertiary/aromatic N) is 2. The quantitative estimate of drug-likeness (QED) is 0.456. The van der Waals surface area contributed by atoms with E-state index in [4.69, 9.17) is 0 Å². The first-order valence-corrected chi connectivity index (χ1v) is 3.37. The van der Waals surface area contributed by atoms with Crippen molar-refractivity contribution in [2.75, 3.05) is 0 Å². The molecule has 0 atom stereocenters. The third-order valence-corrected chi connectivity index (χ3v) is 1.65. The van der Waals surface area contributed by atoms with Crippen molar-refractivity contribution in [3.05, 3.63) is 12.4 Å². The van der Waals surface area contributed by atoms with Gasteiger partial charge in [0.15, 0.2) is 0 Å². The number of rotatable bonds is 1. The van der Waals surface area contributed by atoms with Gasteiger partial charge in [-0.05, 0) is 12.8 Å². The maximum absolute atomic E-state index is 4.19. The Morgan fingerprint density at radius 2 is 2.44 bits per heavy atom. The Bertz CT molecular complexity index is 215. The Hall–Kier alpha value is -0.725. The molecule has 0 bridgehead atoms. The highest BCUT2D eigenvalue weighted by atomic mass is 15.3. The predicted molar refractivity (Wildman–Crippen MR) is 38.7 cm³/mol. The van der Waals surface area contributed by atoms with Crippen LogP contribution in [0.5, 0.6) is 0 Å². The fourth-order valence-corrected chi connectivity index (χ4v) is 0.972. The molecule has 0 aromatic carbocycles. The van der Waals surface area contributed by atoms with Crippen LogP contribution in [0, 0.1) is 0 Å². The fourth-order valence-electron chi connectivity index (χ4n) is 0.972. The second-order valence-electron chi connectivity index (χ2n) is 2.73. The highest BCUT2D eigenvalue weighted by molar-refractivity contribution is 6.31. The molecule has 0 saturated heterocycles. The highest BCUT2D eigenvalue weighted by Gasteiger charge is 2.23. The van der Waals surface area contributed by atoms with Gasteiger partial charge in [0.25, 0.3) is 0 Å². The molecule has 2 nitrogen and oxygen atoms in total. The van der Waals surface area contributed by atoms with E-state index in [0.717, 1.165) is 6.04 Å². The molecule has 1 aliphatic rings. The average Bonchev–Trinajstić information content (AvgIpc) is 2.58. The first-order valence-electron chi connectivity index (χ1n) is 3.37. The third-order valence-electron chi connectivity index (χ3n) is 1.65. The largest absolute Gasteiger partial charge is 0.270 e. The van der Waals surface area contributed by atoms with E-state index >= 15 is 0 Å². The lowest BCUT2D eigenvalue weighted by Gasteiger charge is -1.91. The third kappa shape index (κ3) is 0.868. The molecule has 2 rings (SSSR count). The van der Waals surface area contributed by atoms with Gasteiger partial charge in [-0.15, -0.1) is 0 Å². The van der Waals surface area contributed by atoms with E-state index < -0.39 is 0 Å². The first kappa shape index (κ1) is 5.09.